The standard InChI is InChI=1S/C12H15N3O3/c16-9-3-1-5-15(7-9)8-11-13-12(18-14-11)10-4-2-6-17-10/h2,4,6,9,16H,1,3,5,7-8H2. The third-order valence-electron chi connectivity index (χ3n) is 3.05. The number of furan rings is 1. The van der Waals surface area contributed by atoms with Gasteiger partial charge in [-0.3, -0.25) is 4.90 Å². The Balaban J connectivity index is 1.66. The van der Waals surface area contributed by atoms with E-state index >= 15 is 0 Å². The van der Waals surface area contributed by atoms with Gasteiger partial charge in [0, 0.05) is 6.54 Å². The van der Waals surface area contributed by atoms with Crippen molar-refractivity contribution in [3.05, 3.63) is 24.2 Å². The van der Waals surface area contributed by atoms with Crippen molar-refractivity contribution in [2.75, 3.05) is 13.1 Å². The average Bonchev–Trinajstić information content (AvgIpc) is 2.98. The van der Waals surface area contributed by atoms with Gasteiger partial charge >= 0.3 is 0 Å². The Bertz CT molecular complexity index is 494. The van der Waals surface area contributed by atoms with Crippen LogP contribution in [0, 0.1) is 0 Å². The van der Waals surface area contributed by atoms with Crippen LogP contribution in [0.25, 0.3) is 11.7 Å². The first-order valence-corrected chi connectivity index (χ1v) is 6.08. The van der Waals surface area contributed by atoms with Crippen LogP contribution in [0.3, 0.4) is 0 Å². The van der Waals surface area contributed by atoms with E-state index in [4.69, 9.17) is 8.94 Å². The zero-order chi connectivity index (χ0) is 12.4. The summed E-state index contributed by atoms with van der Waals surface area (Å²) in [6.45, 7) is 2.23. The van der Waals surface area contributed by atoms with Crippen molar-refractivity contribution >= 4 is 0 Å². The van der Waals surface area contributed by atoms with Gasteiger partial charge in [0.1, 0.15) is 0 Å². The molecule has 1 unspecified atom stereocenters. The van der Waals surface area contributed by atoms with E-state index in [0.29, 0.717) is 30.6 Å². The van der Waals surface area contributed by atoms with Crippen molar-refractivity contribution in [1.82, 2.24) is 15.0 Å². The van der Waals surface area contributed by atoms with Crippen LogP contribution in [0.5, 0.6) is 0 Å². The van der Waals surface area contributed by atoms with Crippen LogP contribution >= 0.6 is 0 Å². The maximum Gasteiger partial charge on any atom is 0.293 e. The molecule has 1 N–H and O–H groups in total. The maximum absolute atomic E-state index is 9.59. The van der Waals surface area contributed by atoms with E-state index in [1.165, 1.54) is 0 Å². The van der Waals surface area contributed by atoms with Gasteiger partial charge in [0.2, 0.25) is 0 Å². The number of likely N-dealkylation sites (tertiary alicyclic amines) is 1. The van der Waals surface area contributed by atoms with Crippen molar-refractivity contribution in [1.29, 1.82) is 0 Å². The Morgan fingerprint density at radius 2 is 2.44 bits per heavy atom. The average molecular weight is 249 g/mol. The highest BCUT2D eigenvalue weighted by molar-refractivity contribution is 5.42. The van der Waals surface area contributed by atoms with Gasteiger partial charge in [-0.05, 0) is 31.5 Å². The summed E-state index contributed by atoms with van der Waals surface area (Å²) < 4.78 is 10.3. The second-order valence-electron chi connectivity index (χ2n) is 4.52. The van der Waals surface area contributed by atoms with Crippen LogP contribution in [0.2, 0.25) is 0 Å². The summed E-state index contributed by atoms with van der Waals surface area (Å²) in [6.07, 6.45) is 3.21. The lowest BCUT2D eigenvalue weighted by molar-refractivity contribution is 0.0651. The van der Waals surface area contributed by atoms with E-state index in [9.17, 15) is 5.11 Å². The van der Waals surface area contributed by atoms with Gasteiger partial charge in [-0.25, -0.2) is 0 Å². The zero-order valence-corrected chi connectivity index (χ0v) is 9.95. The Kier molecular flexibility index (Phi) is 3.12. The first kappa shape index (κ1) is 11.4. The molecule has 1 aliphatic heterocycles. The quantitative estimate of drug-likeness (QED) is 0.883. The summed E-state index contributed by atoms with van der Waals surface area (Å²) in [5.41, 5.74) is 0. The summed E-state index contributed by atoms with van der Waals surface area (Å²) in [5.74, 6) is 1.59. The lowest BCUT2D eigenvalue weighted by Gasteiger charge is -2.28. The minimum atomic E-state index is -0.241. The molecule has 3 rings (SSSR count). The first-order chi connectivity index (χ1) is 8.81. The number of β-amino-alcohol motifs (C(OH)–C–C–N with tert-alkyl or cyclic N) is 1. The molecule has 1 fully saturated rings. The normalized spacial score (nSPS) is 21.3. The molecule has 0 amide bonds. The predicted molar refractivity (Wildman–Crippen MR) is 62.5 cm³/mol. The molecule has 3 heterocycles. The second-order valence-corrected chi connectivity index (χ2v) is 4.52. The number of rotatable bonds is 3. The fourth-order valence-corrected chi connectivity index (χ4v) is 2.19. The van der Waals surface area contributed by atoms with Gasteiger partial charge in [0.15, 0.2) is 11.6 Å². The molecule has 0 spiro atoms. The summed E-state index contributed by atoms with van der Waals surface area (Å²) in [6, 6.07) is 3.56. The largest absolute Gasteiger partial charge is 0.459 e. The van der Waals surface area contributed by atoms with Crippen LogP contribution in [-0.4, -0.2) is 39.3 Å². The van der Waals surface area contributed by atoms with Gasteiger partial charge in [-0.2, -0.15) is 4.98 Å². The molecule has 96 valence electrons. The highest BCUT2D eigenvalue weighted by Gasteiger charge is 2.20. The molecule has 6 nitrogen and oxygen atoms in total. The molecule has 6 heteroatoms. The van der Waals surface area contributed by atoms with Crippen LogP contribution in [-0.2, 0) is 6.54 Å². The van der Waals surface area contributed by atoms with Crippen molar-refractivity contribution in [2.45, 2.75) is 25.5 Å². The molecule has 18 heavy (non-hydrogen) atoms. The van der Waals surface area contributed by atoms with Crippen LogP contribution in [0.4, 0.5) is 0 Å². The topological polar surface area (TPSA) is 75.5 Å². The minimum Gasteiger partial charge on any atom is -0.459 e. The molecular weight excluding hydrogens is 234 g/mol. The first-order valence-electron chi connectivity index (χ1n) is 6.08. The van der Waals surface area contributed by atoms with Gasteiger partial charge in [-0.1, -0.05) is 5.16 Å². The van der Waals surface area contributed by atoms with Gasteiger partial charge < -0.3 is 14.0 Å². The highest BCUT2D eigenvalue weighted by Crippen LogP contribution is 2.18. The predicted octanol–water partition coefficient (Wildman–Crippen LogP) is 1.29. The second kappa shape index (κ2) is 4.91. The summed E-state index contributed by atoms with van der Waals surface area (Å²) in [4.78, 5) is 6.41. The Labute approximate surface area is 104 Å². The molecule has 1 aliphatic rings. The number of aromatic nitrogens is 2. The van der Waals surface area contributed by atoms with Crippen molar-refractivity contribution < 1.29 is 14.0 Å². The molecule has 0 saturated carbocycles. The monoisotopic (exact) mass is 249 g/mol. The molecule has 2 aromatic rings. The maximum atomic E-state index is 9.59. The van der Waals surface area contributed by atoms with E-state index < -0.39 is 0 Å². The van der Waals surface area contributed by atoms with E-state index in [-0.39, 0.29) is 6.10 Å². The smallest absolute Gasteiger partial charge is 0.293 e. The van der Waals surface area contributed by atoms with Gasteiger partial charge in [-0.15, -0.1) is 0 Å². The van der Waals surface area contributed by atoms with E-state index in [0.717, 1.165) is 19.4 Å². The molecule has 2 aromatic heterocycles. The number of aliphatic hydroxyl groups is 1. The lowest BCUT2D eigenvalue weighted by atomic mass is 10.1. The minimum absolute atomic E-state index is 0.241. The summed E-state index contributed by atoms with van der Waals surface area (Å²) in [7, 11) is 0. The highest BCUT2D eigenvalue weighted by atomic mass is 16.5. The van der Waals surface area contributed by atoms with Crippen molar-refractivity contribution in [3.8, 4) is 11.7 Å². The molecular formula is C12H15N3O3. The summed E-state index contributed by atoms with van der Waals surface area (Å²) in [5, 5.41) is 13.5. The number of aliphatic hydroxyl groups excluding tert-OH is 1. The fraction of sp³-hybridized carbons (Fsp3) is 0.500. The molecule has 1 saturated heterocycles. The third-order valence-corrected chi connectivity index (χ3v) is 3.05. The number of hydrogen-bond donors (Lipinski definition) is 1. The molecule has 0 aliphatic carbocycles. The lowest BCUT2D eigenvalue weighted by Crippen LogP contribution is -2.37. The fourth-order valence-electron chi connectivity index (χ4n) is 2.19. The van der Waals surface area contributed by atoms with Crippen LogP contribution < -0.4 is 0 Å². The molecule has 0 aromatic carbocycles. The zero-order valence-electron chi connectivity index (χ0n) is 9.95. The van der Waals surface area contributed by atoms with Crippen molar-refractivity contribution in [2.24, 2.45) is 0 Å². The molecule has 1 atom stereocenters. The number of nitrogens with zero attached hydrogens (tertiary/aromatic N) is 3. The third kappa shape index (κ3) is 2.44. The number of piperidine rings is 1. The van der Waals surface area contributed by atoms with Gasteiger partial charge in [0.25, 0.3) is 5.89 Å². The van der Waals surface area contributed by atoms with Crippen LogP contribution in [0.1, 0.15) is 18.7 Å². The van der Waals surface area contributed by atoms with E-state index in [1.807, 2.05) is 0 Å². The Hall–Kier alpha value is -1.66. The van der Waals surface area contributed by atoms with Crippen molar-refractivity contribution in [3.63, 3.8) is 0 Å². The van der Waals surface area contributed by atoms with Crippen LogP contribution in [0.15, 0.2) is 27.3 Å². The molecule has 0 bridgehead atoms. The number of hydrogen-bond acceptors (Lipinski definition) is 6. The molecule has 0 radical (unpaired) electrons. The summed E-state index contributed by atoms with van der Waals surface area (Å²) >= 11 is 0. The van der Waals surface area contributed by atoms with E-state index in [2.05, 4.69) is 15.0 Å². The van der Waals surface area contributed by atoms with E-state index in [1.54, 1.807) is 18.4 Å². The SMILES string of the molecule is OC1CCCN(Cc2noc(-c3ccco3)n2)C1. The Morgan fingerprint density at radius 1 is 1.50 bits per heavy atom. The Morgan fingerprint density at radius 3 is 3.22 bits per heavy atom. The van der Waals surface area contributed by atoms with Gasteiger partial charge in [0.05, 0.1) is 18.9 Å².